The van der Waals surface area contributed by atoms with Crippen molar-refractivity contribution < 1.29 is 33.5 Å². The van der Waals surface area contributed by atoms with Crippen molar-refractivity contribution in [1.82, 2.24) is 9.88 Å². The van der Waals surface area contributed by atoms with E-state index < -0.39 is 52.8 Å². The van der Waals surface area contributed by atoms with Crippen LogP contribution >= 0.6 is 0 Å². The van der Waals surface area contributed by atoms with E-state index in [1.165, 1.54) is 10.6 Å². The SMILES string of the molecule is CC(C)(C)OC(=O)NCC(=O)O[C@@H]1C(=O)OCc2c1cc1n(c2=O)CC2=Cc3c(cccc3[N+](=O)[O-])NC21. The fraction of sp³-hybridized carbons (Fsp3) is 0.360. The monoisotopic (exact) mass is 524 g/mol. The molecule has 2 N–H and O–H groups in total. The molecule has 1 aromatic heterocycles. The Labute approximate surface area is 215 Å². The summed E-state index contributed by atoms with van der Waals surface area (Å²) in [4.78, 5) is 61.3. The maximum Gasteiger partial charge on any atom is 0.408 e. The number of rotatable bonds is 4. The number of aromatic nitrogens is 1. The van der Waals surface area contributed by atoms with Crippen LogP contribution in [0.5, 0.6) is 0 Å². The summed E-state index contributed by atoms with van der Waals surface area (Å²) in [6, 6.07) is 5.80. The van der Waals surface area contributed by atoms with E-state index in [-0.39, 0.29) is 30.0 Å². The molecule has 0 fully saturated rings. The van der Waals surface area contributed by atoms with Crippen LogP contribution in [0.3, 0.4) is 0 Å². The Hall–Kier alpha value is -4.68. The first-order valence-electron chi connectivity index (χ1n) is 11.8. The number of benzene rings is 1. The van der Waals surface area contributed by atoms with Crippen molar-refractivity contribution in [1.29, 1.82) is 0 Å². The molecule has 0 radical (unpaired) electrons. The Morgan fingerprint density at radius 3 is 2.76 bits per heavy atom. The van der Waals surface area contributed by atoms with Gasteiger partial charge in [0.1, 0.15) is 18.8 Å². The fourth-order valence-electron chi connectivity index (χ4n) is 4.69. The van der Waals surface area contributed by atoms with Crippen molar-refractivity contribution in [3.63, 3.8) is 0 Å². The zero-order valence-electron chi connectivity index (χ0n) is 20.7. The van der Waals surface area contributed by atoms with E-state index in [9.17, 15) is 29.3 Å². The quantitative estimate of drug-likeness (QED) is 0.262. The lowest BCUT2D eigenvalue weighted by molar-refractivity contribution is -0.385. The molecule has 0 bridgehead atoms. The molecule has 1 amide bonds. The molecule has 4 heterocycles. The first-order valence-corrected chi connectivity index (χ1v) is 11.8. The van der Waals surface area contributed by atoms with E-state index in [0.29, 0.717) is 16.9 Å². The number of pyridine rings is 1. The van der Waals surface area contributed by atoms with E-state index in [2.05, 4.69) is 10.6 Å². The van der Waals surface area contributed by atoms with Crippen LogP contribution in [0.1, 0.15) is 55.3 Å². The van der Waals surface area contributed by atoms with Crippen LogP contribution in [-0.4, -0.2) is 39.7 Å². The summed E-state index contributed by atoms with van der Waals surface area (Å²) in [5.41, 5.74) is 1.29. The number of hydrogen-bond donors (Lipinski definition) is 2. The highest BCUT2D eigenvalue weighted by Crippen LogP contribution is 2.43. The van der Waals surface area contributed by atoms with Crippen LogP contribution in [0.4, 0.5) is 16.2 Å². The van der Waals surface area contributed by atoms with Gasteiger partial charge in [0.05, 0.1) is 22.1 Å². The molecule has 13 nitrogen and oxygen atoms in total. The number of amides is 1. The molecule has 1 unspecified atom stereocenters. The largest absolute Gasteiger partial charge is 0.458 e. The van der Waals surface area contributed by atoms with Crippen molar-refractivity contribution in [2.45, 2.75) is 51.7 Å². The highest BCUT2D eigenvalue weighted by atomic mass is 16.6. The van der Waals surface area contributed by atoms with Gasteiger partial charge in [0.25, 0.3) is 11.2 Å². The van der Waals surface area contributed by atoms with Crippen molar-refractivity contribution >= 4 is 35.5 Å². The van der Waals surface area contributed by atoms with E-state index in [0.717, 1.165) is 5.57 Å². The number of nitrogens with one attached hydrogen (secondary N) is 2. The second-order valence-corrected chi connectivity index (χ2v) is 10.0. The molecule has 3 aliphatic rings. The molecular weight excluding hydrogens is 500 g/mol. The number of anilines is 1. The van der Waals surface area contributed by atoms with Crippen molar-refractivity contribution in [2.24, 2.45) is 0 Å². The Bertz CT molecular complexity index is 1480. The van der Waals surface area contributed by atoms with Crippen molar-refractivity contribution in [3.05, 3.63) is 72.7 Å². The maximum atomic E-state index is 13.4. The van der Waals surface area contributed by atoms with Gasteiger partial charge in [0.2, 0.25) is 6.10 Å². The van der Waals surface area contributed by atoms with Gasteiger partial charge in [-0.1, -0.05) is 6.07 Å². The molecular formula is C25H24N4O9. The molecule has 0 aliphatic carbocycles. The zero-order chi connectivity index (χ0) is 27.4. The van der Waals surface area contributed by atoms with Gasteiger partial charge in [-0.25, -0.2) is 9.59 Å². The number of cyclic esters (lactones) is 1. The number of ether oxygens (including phenoxy) is 3. The minimum atomic E-state index is -1.50. The number of hydrogen-bond acceptors (Lipinski definition) is 10. The molecule has 0 spiro atoms. The molecule has 0 saturated carbocycles. The van der Waals surface area contributed by atoms with Gasteiger partial charge in [-0.2, -0.15) is 0 Å². The molecule has 13 heteroatoms. The fourth-order valence-corrected chi connectivity index (χ4v) is 4.69. The van der Waals surface area contributed by atoms with Gasteiger partial charge < -0.3 is 29.4 Å². The Morgan fingerprint density at radius 1 is 1.29 bits per heavy atom. The molecule has 0 saturated heterocycles. The lowest BCUT2D eigenvalue weighted by Crippen LogP contribution is -2.38. The highest BCUT2D eigenvalue weighted by Gasteiger charge is 2.40. The van der Waals surface area contributed by atoms with E-state index in [4.69, 9.17) is 14.2 Å². The predicted octanol–water partition coefficient (Wildman–Crippen LogP) is 2.49. The number of nitro groups is 1. The second-order valence-electron chi connectivity index (χ2n) is 10.0. The minimum Gasteiger partial charge on any atom is -0.458 e. The number of nitrogens with zero attached hydrogens (tertiary/aromatic N) is 2. The summed E-state index contributed by atoms with van der Waals surface area (Å²) in [5.74, 6) is -1.78. The standard InChI is InChI=1S/C25H24N4O9/c1-25(2,3)38-24(33)26-9-19(30)37-21-13-8-18-20-12(10-28(18)22(31)15(13)11-36-23(21)32)7-14-16(27-20)5-4-6-17(14)29(34)35/h4-8,20-21,27H,9-11H2,1-3H3,(H,26,33)/t20?,21-/m0/s1. The highest BCUT2D eigenvalue weighted by molar-refractivity contribution is 5.85. The number of alkyl carbamates (subject to hydrolysis) is 1. The summed E-state index contributed by atoms with van der Waals surface area (Å²) < 4.78 is 17.0. The van der Waals surface area contributed by atoms with Gasteiger partial charge in [0.15, 0.2) is 0 Å². The van der Waals surface area contributed by atoms with Crippen LogP contribution in [0.2, 0.25) is 0 Å². The summed E-state index contributed by atoms with van der Waals surface area (Å²) in [7, 11) is 0. The zero-order valence-corrected chi connectivity index (χ0v) is 20.7. The van der Waals surface area contributed by atoms with Gasteiger partial charge in [-0.15, -0.1) is 0 Å². The molecule has 2 atom stereocenters. The van der Waals surface area contributed by atoms with Gasteiger partial charge in [0, 0.05) is 29.6 Å². The minimum absolute atomic E-state index is 0.0606. The summed E-state index contributed by atoms with van der Waals surface area (Å²) >= 11 is 0. The lowest BCUT2D eigenvalue weighted by atomic mass is 9.95. The van der Waals surface area contributed by atoms with Gasteiger partial charge in [-0.3, -0.25) is 19.7 Å². The summed E-state index contributed by atoms with van der Waals surface area (Å²) in [6.07, 6.45) is -0.641. The molecule has 5 rings (SSSR count). The van der Waals surface area contributed by atoms with Crippen molar-refractivity contribution in [3.8, 4) is 0 Å². The van der Waals surface area contributed by atoms with Crippen LogP contribution in [-0.2, 0) is 37.0 Å². The number of carbonyl (C=O) groups excluding carboxylic acids is 3. The Kier molecular flexibility index (Phi) is 5.93. The first-order chi connectivity index (χ1) is 17.9. The Morgan fingerprint density at radius 2 is 2.05 bits per heavy atom. The van der Waals surface area contributed by atoms with Gasteiger partial charge >= 0.3 is 18.0 Å². The van der Waals surface area contributed by atoms with E-state index in [1.807, 2.05) is 0 Å². The molecule has 38 heavy (non-hydrogen) atoms. The number of fused-ring (bicyclic) bond motifs is 5. The molecule has 1 aromatic carbocycles. The normalized spacial score (nSPS) is 18.9. The molecule has 198 valence electrons. The first kappa shape index (κ1) is 25.0. The maximum absolute atomic E-state index is 13.4. The van der Waals surface area contributed by atoms with E-state index in [1.54, 1.807) is 45.0 Å². The summed E-state index contributed by atoms with van der Waals surface area (Å²) in [5, 5.41) is 17.0. The third kappa shape index (κ3) is 4.46. The molecule has 3 aliphatic heterocycles. The number of esters is 2. The van der Waals surface area contributed by atoms with Crippen LogP contribution in [0, 0.1) is 10.1 Å². The van der Waals surface area contributed by atoms with Gasteiger partial charge in [-0.05, 0) is 44.6 Å². The second kappa shape index (κ2) is 9.01. The predicted molar refractivity (Wildman–Crippen MR) is 131 cm³/mol. The summed E-state index contributed by atoms with van der Waals surface area (Å²) in [6.45, 7) is 4.32. The van der Waals surface area contributed by atoms with Crippen molar-refractivity contribution in [2.75, 3.05) is 11.9 Å². The van der Waals surface area contributed by atoms with Crippen LogP contribution in [0.15, 0.2) is 34.6 Å². The smallest absolute Gasteiger partial charge is 0.408 e. The average Bonchev–Trinajstić information content (AvgIpc) is 3.19. The van der Waals surface area contributed by atoms with E-state index >= 15 is 0 Å². The third-order valence-electron chi connectivity index (χ3n) is 6.26. The molecule has 2 aromatic rings. The van der Waals surface area contributed by atoms with Crippen LogP contribution < -0.4 is 16.2 Å². The third-order valence-corrected chi connectivity index (χ3v) is 6.26. The number of nitro benzene ring substituents is 1. The lowest BCUT2D eigenvalue weighted by Gasteiger charge is -2.26. The number of carbonyl (C=O) groups is 3. The topological polar surface area (TPSA) is 168 Å². The van der Waals surface area contributed by atoms with Crippen LogP contribution in [0.25, 0.3) is 6.08 Å². The Balaban J connectivity index is 1.42. The average molecular weight is 524 g/mol.